The van der Waals surface area contributed by atoms with Crippen LogP contribution in [0.3, 0.4) is 0 Å². The first-order valence-corrected chi connectivity index (χ1v) is 6.93. The molecule has 0 aromatic heterocycles. The molecule has 0 bridgehead atoms. The van der Waals surface area contributed by atoms with Gasteiger partial charge < -0.3 is 10.2 Å². The van der Waals surface area contributed by atoms with Gasteiger partial charge in [0.05, 0.1) is 0 Å². The molecule has 2 nitrogen and oxygen atoms in total. The minimum absolute atomic E-state index is 0.581. The summed E-state index contributed by atoms with van der Waals surface area (Å²) in [5.41, 5.74) is 3.98. The lowest BCUT2D eigenvalue weighted by atomic mass is 10.1. The van der Waals surface area contributed by atoms with Gasteiger partial charge in [-0.1, -0.05) is 19.9 Å². The first kappa shape index (κ1) is 15.0. The number of hydrogen-bond donors (Lipinski definition) is 1. The monoisotopic (exact) mass is 248 g/mol. The first-order chi connectivity index (χ1) is 8.40. The highest BCUT2D eigenvalue weighted by atomic mass is 15.1. The maximum Gasteiger partial charge on any atom is 0.0369 e. The van der Waals surface area contributed by atoms with Crippen LogP contribution < -0.4 is 10.2 Å². The number of likely N-dealkylation sites (N-methyl/N-ethyl adjacent to an activating group) is 1. The Morgan fingerprint density at radius 2 is 1.61 bits per heavy atom. The molecule has 0 saturated carbocycles. The van der Waals surface area contributed by atoms with E-state index in [1.165, 1.54) is 16.8 Å². The maximum absolute atomic E-state index is 3.57. The highest BCUT2D eigenvalue weighted by Gasteiger charge is 2.07. The number of hydrogen-bond acceptors (Lipinski definition) is 2. The van der Waals surface area contributed by atoms with Gasteiger partial charge in [0, 0.05) is 31.9 Å². The van der Waals surface area contributed by atoms with Crippen molar-refractivity contribution in [3.05, 3.63) is 29.3 Å². The van der Waals surface area contributed by atoms with Crippen molar-refractivity contribution in [3.63, 3.8) is 0 Å². The van der Waals surface area contributed by atoms with Crippen LogP contribution >= 0.6 is 0 Å². The van der Waals surface area contributed by atoms with Crippen LogP contribution in [0.1, 0.15) is 31.9 Å². The van der Waals surface area contributed by atoms with Crippen molar-refractivity contribution in [1.29, 1.82) is 0 Å². The molecule has 0 saturated heterocycles. The van der Waals surface area contributed by atoms with E-state index in [1.807, 2.05) is 0 Å². The molecule has 102 valence electrons. The minimum Gasteiger partial charge on any atom is -0.373 e. The number of nitrogens with one attached hydrogen (secondary N) is 1. The Bertz CT molecular complexity index is 351. The molecule has 0 spiro atoms. The van der Waals surface area contributed by atoms with Gasteiger partial charge in [-0.25, -0.2) is 0 Å². The smallest absolute Gasteiger partial charge is 0.0369 e. The predicted molar refractivity (Wildman–Crippen MR) is 81.5 cm³/mol. The number of benzene rings is 1. The van der Waals surface area contributed by atoms with Crippen molar-refractivity contribution in [1.82, 2.24) is 5.32 Å². The van der Waals surface area contributed by atoms with Gasteiger partial charge in [0.15, 0.2) is 0 Å². The molecule has 0 fully saturated rings. The van der Waals surface area contributed by atoms with Crippen LogP contribution in [-0.2, 0) is 0 Å². The summed E-state index contributed by atoms with van der Waals surface area (Å²) in [6, 6.07) is 7.30. The molecule has 1 unspecified atom stereocenters. The molecule has 2 heteroatoms. The van der Waals surface area contributed by atoms with E-state index in [-0.39, 0.29) is 0 Å². The summed E-state index contributed by atoms with van der Waals surface area (Å²) in [5, 5.41) is 3.57. The molecule has 0 aliphatic heterocycles. The predicted octanol–water partition coefficient (Wildman–Crippen LogP) is 3.37. The van der Waals surface area contributed by atoms with Crippen LogP contribution in [0.25, 0.3) is 0 Å². The number of anilines is 1. The van der Waals surface area contributed by atoms with Crippen molar-refractivity contribution in [3.8, 4) is 0 Å². The third-order valence-electron chi connectivity index (χ3n) is 3.56. The SMILES string of the molecule is Cc1cc(C)cc(N(C)CCNC(C)C(C)C)c1. The van der Waals surface area contributed by atoms with Crippen molar-refractivity contribution in [2.45, 2.75) is 40.7 Å². The Labute approximate surface area is 112 Å². The van der Waals surface area contributed by atoms with E-state index < -0.39 is 0 Å². The lowest BCUT2D eigenvalue weighted by Gasteiger charge is -2.23. The molecule has 1 aromatic carbocycles. The Morgan fingerprint density at radius 3 is 2.11 bits per heavy atom. The van der Waals surface area contributed by atoms with Crippen LogP contribution in [0.4, 0.5) is 5.69 Å². The van der Waals surface area contributed by atoms with E-state index in [1.54, 1.807) is 0 Å². The fraction of sp³-hybridized carbons (Fsp3) is 0.625. The Balaban J connectivity index is 2.47. The summed E-state index contributed by atoms with van der Waals surface area (Å²) in [6.07, 6.45) is 0. The van der Waals surface area contributed by atoms with Gasteiger partial charge in [0.25, 0.3) is 0 Å². The molecular weight excluding hydrogens is 220 g/mol. The van der Waals surface area contributed by atoms with E-state index in [0.29, 0.717) is 12.0 Å². The summed E-state index contributed by atoms with van der Waals surface area (Å²) < 4.78 is 0. The normalized spacial score (nSPS) is 12.8. The molecule has 0 amide bonds. The average molecular weight is 248 g/mol. The minimum atomic E-state index is 0.581. The summed E-state index contributed by atoms with van der Waals surface area (Å²) in [6.45, 7) is 13.1. The molecule has 0 aliphatic rings. The summed E-state index contributed by atoms with van der Waals surface area (Å²) in [5.74, 6) is 0.691. The largest absolute Gasteiger partial charge is 0.373 e. The molecule has 0 aliphatic carbocycles. The number of aryl methyl sites for hydroxylation is 2. The summed E-state index contributed by atoms with van der Waals surface area (Å²) >= 11 is 0. The van der Waals surface area contributed by atoms with Gasteiger partial charge in [-0.05, 0) is 49.9 Å². The second-order valence-electron chi connectivity index (χ2n) is 5.75. The van der Waals surface area contributed by atoms with E-state index in [2.05, 4.69) is 70.1 Å². The third kappa shape index (κ3) is 4.69. The fourth-order valence-corrected chi connectivity index (χ4v) is 2.00. The first-order valence-electron chi connectivity index (χ1n) is 6.93. The van der Waals surface area contributed by atoms with Gasteiger partial charge in [0.2, 0.25) is 0 Å². The average Bonchev–Trinajstić information content (AvgIpc) is 2.27. The number of nitrogens with zero attached hydrogens (tertiary/aromatic N) is 1. The van der Waals surface area contributed by atoms with E-state index >= 15 is 0 Å². The fourth-order valence-electron chi connectivity index (χ4n) is 2.00. The topological polar surface area (TPSA) is 15.3 Å². The van der Waals surface area contributed by atoms with Crippen molar-refractivity contribution in [2.24, 2.45) is 5.92 Å². The lowest BCUT2D eigenvalue weighted by Crippen LogP contribution is -2.36. The van der Waals surface area contributed by atoms with E-state index in [4.69, 9.17) is 0 Å². The van der Waals surface area contributed by atoms with Crippen molar-refractivity contribution in [2.75, 3.05) is 25.0 Å². The zero-order valence-electron chi connectivity index (χ0n) is 12.7. The molecule has 1 atom stereocenters. The molecule has 1 N–H and O–H groups in total. The zero-order chi connectivity index (χ0) is 13.7. The number of rotatable bonds is 6. The van der Waals surface area contributed by atoms with Crippen LogP contribution in [0.2, 0.25) is 0 Å². The lowest BCUT2D eigenvalue weighted by molar-refractivity contribution is 0.431. The Kier molecular flexibility index (Phi) is 5.67. The van der Waals surface area contributed by atoms with Crippen LogP contribution in [-0.4, -0.2) is 26.2 Å². The molecule has 0 heterocycles. The van der Waals surface area contributed by atoms with Crippen molar-refractivity contribution < 1.29 is 0 Å². The molecule has 1 aromatic rings. The maximum atomic E-state index is 3.57. The van der Waals surface area contributed by atoms with Crippen LogP contribution in [0, 0.1) is 19.8 Å². The van der Waals surface area contributed by atoms with Crippen LogP contribution in [0.15, 0.2) is 18.2 Å². The van der Waals surface area contributed by atoms with Crippen molar-refractivity contribution >= 4 is 5.69 Å². The van der Waals surface area contributed by atoms with Crippen LogP contribution in [0.5, 0.6) is 0 Å². The van der Waals surface area contributed by atoms with E-state index in [9.17, 15) is 0 Å². The third-order valence-corrected chi connectivity index (χ3v) is 3.56. The highest BCUT2D eigenvalue weighted by molar-refractivity contribution is 5.50. The Hall–Kier alpha value is -1.02. The van der Waals surface area contributed by atoms with Gasteiger partial charge in [-0.15, -0.1) is 0 Å². The van der Waals surface area contributed by atoms with Gasteiger partial charge in [0.1, 0.15) is 0 Å². The van der Waals surface area contributed by atoms with Gasteiger partial charge in [-0.3, -0.25) is 0 Å². The highest BCUT2D eigenvalue weighted by Crippen LogP contribution is 2.17. The molecule has 0 radical (unpaired) electrons. The molecule has 18 heavy (non-hydrogen) atoms. The summed E-state index contributed by atoms with van der Waals surface area (Å²) in [7, 11) is 2.16. The second kappa shape index (κ2) is 6.79. The van der Waals surface area contributed by atoms with E-state index in [0.717, 1.165) is 13.1 Å². The second-order valence-corrected chi connectivity index (χ2v) is 5.75. The standard InChI is InChI=1S/C16H28N2/c1-12(2)15(5)17-7-8-18(6)16-10-13(3)9-14(4)11-16/h9-12,15,17H,7-8H2,1-6H3. The zero-order valence-corrected chi connectivity index (χ0v) is 12.7. The Morgan fingerprint density at radius 1 is 1.06 bits per heavy atom. The quantitative estimate of drug-likeness (QED) is 0.830. The van der Waals surface area contributed by atoms with Gasteiger partial charge in [-0.2, -0.15) is 0 Å². The summed E-state index contributed by atoms with van der Waals surface area (Å²) in [4.78, 5) is 2.32. The molecular formula is C16H28N2. The molecule has 1 rings (SSSR count). The van der Waals surface area contributed by atoms with Gasteiger partial charge >= 0.3 is 0 Å².